The number of esters is 1. The van der Waals surface area contributed by atoms with E-state index in [1.807, 2.05) is 19.1 Å². The summed E-state index contributed by atoms with van der Waals surface area (Å²) in [6, 6.07) is 7.24. The molecule has 1 aromatic heterocycles. The Morgan fingerprint density at radius 1 is 1.35 bits per heavy atom. The summed E-state index contributed by atoms with van der Waals surface area (Å²) < 4.78 is 6.68. The van der Waals surface area contributed by atoms with Crippen LogP contribution in [-0.4, -0.2) is 15.5 Å². The summed E-state index contributed by atoms with van der Waals surface area (Å²) in [6.45, 7) is 5.63. The first-order chi connectivity index (χ1) is 8.16. The van der Waals surface area contributed by atoms with Crippen molar-refractivity contribution in [3.63, 3.8) is 0 Å². The van der Waals surface area contributed by atoms with Crippen molar-refractivity contribution in [3.05, 3.63) is 55.1 Å². The molecule has 0 unspecified atom stereocenters. The van der Waals surface area contributed by atoms with E-state index < -0.39 is 5.97 Å². The quantitative estimate of drug-likeness (QED) is 0.460. The number of ether oxygens (including phenoxy) is 1. The zero-order valence-electron chi connectivity index (χ0n) is 9.46. The molecule has 0 fully saturated rings. The van der Waals surface area contributed by atoms with Crippen LogP contribution < -0.4 is 4.74 Å². The van der Waals surface area contributed by atoms with Crippen molar-refractivity contribution < 1.29 is 9.53 Å². The second-order valence-corrected chi connectivity index (χ2v) is 3.62. The molecule has 0 radical (unpaired) electrons. The van der Waals surface area contributed by atoms with E-state index in [0.29, 0.717) is 5.75 Å². The predicted octanol–water partition coefficient (Wildman–Crippen LogP) is 2.27. The van der Waals surface area contributed by atoms with Gasteiger partial charge in [-0.2, -0.15) is 0 Å². The average Bonchev–Trinajstić information content (AvgIpc) is 2.84. The van der Waals surface area contributed by atoms with Gasteiger partial charge in [0.2, 0.25) is 0 Å². The Kier molecular flexibility index (Phi) is 3.05. The number of benzene rings is 1. The first kappa shape index (κ1) is 11.1. The maximum Gasteiger partial charge on any atom is 0.360 e. The Labute approximate surface area is 99.2 Å². The predicted molar refractivity (Wildman–Crippen MR) is 64.4 cm³/mol. The summed E-state index contributed by atoms with van der Waals surface area (Å²) in [6.07, 6.45) is 4.71. The molecular weight excluding hydrogens is 216 g/mol. The lowest BCUT2D eigenvalue weighted by atomic mass is 10.2. The van der Waals surface area contributed by atoms with Crippen LogP contribution in [0.25, 0.3) is 5.70 Å². The summed E-state index contributed by atoms with van der Waals surface area (Å²) in [4.78, 5) is 15.6. The van der Waals surface area contributed by atoms with Gasteiger partial charge in [0.15, 0.2) is 0 Å². The molecule has 0 N–H and O–H groups in total. The lowest BCUT2D eigenvalue weighted by molar-refractivity contribution is -0.128. The summed E-state index contributed by atoms with van der Waals surface area (Å²) in [5, 5.41) is 0. The van der Waals surface area contributed by atoms with Gasteiger partial charge in [-0.05, 0) is 19.1 Å². The fourth-order valence-electron chi connectivity index (χ4n) is 1.30. The number of aromatic nitrogens is 2. The van der Waals surface area contributed by atoms with Gasteiger partial charge >= 0.3 is 5.97 Å². The third-order valence-electron chi connectivity index (χ3n) is 2.28. The van der Waals surface area contributed by atoms with Gasteiger partial charge in [-0.15, -0.1) is 0 Å². The maximum absolute atomic E-state index is 11.7. The van der Waals surface area contributed by atoms with Crippen LogP contribution in [0, 0.1) is 6.92 Å². The molecule has 1 heterocycles. The first-order valence-electron chi connectivity index (χ1n) is 5.13. The second-order valence-electron chi connectivity index (χ2n) is 3.62. The Hall–Kier alpha value is -2.36. The fourth-order valence-corrected chi connectivity index (χ4v) is 1.30. The summed E-state index contributed by atoms with van der Waals surface area (Å²) >= 11 is 0. The Morgan fingerprint density at radius 2 is 2.06 bits per heavy atom. The van der Waals surface area contributed by atoms with Crippen molar-refractivity contribution in [1.29, 1.82) is 0 Å². The molecular formula is C13H12N2O2. The number of imidazole rings is 1. The van der Waals surface area contributed by atoms with Gasteiger partial charge in [0.05, 0.1) is 6.33 Å². The van der Waals surface area contributed by atoms with Crippen LogP contribution in [0.4, 0.5) is 0 Å². The molecule has 0 saturated carbocycles. The third-order valence-corrected chi connectivity index (χ3v) is 2.28. The van der Waals surface area contributed by atoms with Crippen LogP contribution in [0.3, 0.4) is 0 Å². The highest BCUT2D eigenvalue weighted by molar-refractivity contribution is 6.10. The zero-order chi connectivity index (χ0) is 12.3. The van der Waals surface area contributed by atoms with E-state index in [0.717, 1.165) is 5.56 Å². The van der Waals surface area contributed by atoms with Gasteiger partial charge in [-0.25, -0.2) is 9.78 Å². The topological polar surface area (TPSA) is 44.1 Å². The number of rotatable bonds is 3. The number of hydrogen-bond acceptors (Lipinski definition) is 3. The van der Waals surface area contributed by atoms with E-state index in [4.69, 9.17) is 4.74 Å². The molecule has 0 bridgehead atoms. The maximum atomic E-state index is 11.7. The normalized spacial score (nSPS) is 9.94. The number of hydrogen-bond donors (Lipinski definition) is 0. The lowest BCUT2D eigenvalue weighted by Crippen LogP contribution is -2.13. The molecule has 2 aromatic rings. The van der Waals surface area contributed by atoms with Gasteiger partial charge in [-0.1, -0.05) is 24.3 Å². The van der Waals surface area contributed by atoms with Gasteiger partial charge in [0.1, 0.15) is 11.4 Å². The smallest absolute Gasteiger partial charge is 0.360 e. The molecule has 4 heteroatoms. The zero-order valence-corrected chi connectivity index (χ0v) is 9.46. The van der Waals surface area contributed by atoms with E-state index in [9.17, 15) is 4.79 Å². The highest BCUT2D eigenvalue weighted by atomic mass is 16.5. The highest BCUT2D eigenvalue weighted by Crippen LogP contribution is 2.14. The molecule has 86 valence electrons. The van der Waals surface area contributed by atoms with Gasteiger partial charge < -0.3 is 9.30 Å². The first-order valence-corrected chi connectivity index (χ1v) is 5.13. The SMILES string of the molecule is C=C(C(=O)Oc1ccc(C)cc1)n1ccnc1. The molecule has 0 aliphatic rings. The minimum Gasteiger partial charge on any atom is -0.422 e. The van der Waals surface area contributed by atoms with Crippen molar-refractivity contribution in [3.8, 4) is 5.75 Å². The van der Waals surface area contributed by atoms with Crippen molar-refractivity contribution in [2.75, 3.05) is 0 Å². The third kappa shape index (κ3) is 2.60. The van der Waals surface area contributed by atoms with Crippen molar-refractivity contribution >= 4 is 11.7 Å². The number of carbonyl (C=O) groups is 1. The number of carbonyl (C=O) groups excluding carboxylic acids is 1. The monoisotopic (exact) mass is 228 g/mol. The second kappa shape index (κ2) is 4.65. The average molecular weight is 228 g/mol. The molecule has 17 heavy (non-hydrogen) atoms. The summed E-state index contributed by atoms with van der Waals surface area (Å²) in [5.41, 5.74) is 1.33. The molecule has 0 spiro atoms. The summed E-state index contributed by atoms with van der Waals surface area (Å²) in [7, 11) is 0. The summed E-state index contributed by atoms with van der Waals surface area (Å²) in [5.74, 6) is 0.00807. The Balaban J connectivity index is 2.07. The molecule has 0 saturated heterocycles. The Bertz CT molecular complexity index is 527. The van der Waals surface area contributed by atoms with Crippen LogP contribution in [0.2, 0.25) is 0 Å². The molecule has 0 atom stereocenters. The largest absolute Gasteiger partial charge is 0.422 e. The van der Waals surface area contributed by atoms with Gasteiger partial charge in [-0.3, -0.25) is 0 Å². The number of nitrogens with zero attached hydrogens (tertiary/aromatic N) is 2. The van der Waals surface area contributed by atoms with Crippen molar-refractivity contribution in [2.24, 2.45) is 0 Å². The van der Waals surface area contributed by atoms with Gasteiger partial charge in [0.25, 0.3) is 0 Å². The van der Waals surface area contributed by atoms with Crippen molar-refractivity contribution in [2.45, 2.75) is 6.92 Å². The van der Waals surface area contributed by atoms with E-state index in [2.05, 4.69) is 11.6 Å². The van der Waals surface area contributed by atoms with Crippen LogP contribution in [0.15, 0.2) is 49.6 Å². The number of aryl methyl sites for hydroxylation is 1. The fraction of sp³-hybridized carbons (Fsp3) is 0.0769. The molecule has 2 rings (SSSR count). The van der Waals surface area contributed by atoms with Crippen molar-refractivity contribution in [1.82, 2.24) is 9.55 Å². The van der Waals surface area contributed by atoms with E-state index in [-0.39, 0.29) is 5.70 Å². The van der Waals surface area contributed by atoms with Crippen LogP contribution in [0.1, 0.15) is 5.56 Å². The molecule has 0 aliphatic heterocycles. The minimum absolute atomic E-state index is 0.225. The van der Waals surface area contributed by atoms with Crippen LogP contribution in [0.5, 0.6) is 5.75 Å². The molecule has 0 aliphatic carbocycles. The van der Waals surface area contributed by atoms with E-state index >= 15 is 0 Å². The lowest BCUT2D eigenvalue weighted by Gasteiger charge is -2.07. The van der Waals surface area contributed by atoms with E-state index in [1.165, 1.54) is 10.9 Å². The van der Waals surface area contributed by atoms with Gasteiger partial charge in [0, 0.05) is 12.4 Å². The molecule has 0 amide bonds. The van der Waals surface area contributed by atoms with Crippen LogP contribution in [-0.2, 0) is 4.79 Å². The van der Waals surface area contributed by atoms with Crippen LogP contribution >= 0.6 is 0 Å². The molecule has 1 aromatic carbocycles. The highest BCUT2D eigenvalue weighted by Gasteiger charge is 2.11. The van der Waals surface area contributed by atoms with E-state index in [1.54, 1.807) is 24.5 Å². The molecule has 4 nitrogen and oxygen atoms in total. The Morgan fingerprint density at radius 3 is 2.65 bits per heavy atom. The standard InChI is InChI=1S/C13H12N2O2/c1-10-3-5-12(6-4-10)17-13(16)11(2)15-8-7-14-9-15/h3-9H,2H2,1H3. The minimum atomic E-state index is -0.494.